The summed E-state index contributed by atoms with van der Waals surface area (Å²) in [7, 11) is 0. The molecular weight excluding hydrogens is 188 g/mol. The molecule has 2 bridgehead atoms. The zero-order valence-corrected chi connectivity index (χ0v) is 9.17. The highest BCUT2D eigenvalue weighted by molar-refractivity contribution is 5.76. The van der Waals surface area contributed by atoms with Gasteiger partial charge in [-0.2, -0.15) is 0 Å². The molecule has 0 aromatic rings. The maximum Gasteiger partial charge on any atom is 0.220 e. The summed E-state index contributed by atoms with van der Waals surface area (Å²) in [5, 5.41) is 6.70. The Bertz CT molecular complexity index is 256. The van der Waals surface area contributed by atoms with Crippen LogP contribution in [0.15, 0.2) is 0 Å². The molecule has 2 saturated carbocycles. The molecule has 3 heteroatoms. The lowest BCUT2D eigenvalue weighted by Gasteiger charge is -2.31. The van der Waals surface area contributed by atoms with Crippen LogP contribution in [0, 0.1) is 11.8 Å². The van der Waals surface area contributed by atoms with E-state index in [2.05, 4.69) is 10.6 Å². The Balaban J connectivity index is 1.51. The molecule has 84 valence electrons. The number of fused-ring (bicyclic) bond motifs is 2. The van der Waals surface area contributed by atoms with Gasteiger partial charge in [0.2, 0.25) is 5.91 Å². The minimum atomic E-state index is 0.223. The predicted molar refractivity (Wildman–Crippen MR) is 58.4 cm³/mol. The van der Waals surface area contributed by atoms with Gasteiger partial charge < -0.3 is 10.6 Å². The molecular formula is C12H20N2O. The van der Waals surface area contributed by atoms with E-state index in [-0.39, 0.29) is 5.91 Å². The molecule has 2 N–H and O–H groups in total. The van der Waals surface area contributed by atoms with Crippen molar-refractivity contribution < 1.29 is 4.79 Å². The third kappa shape index (κ3) is 1.89. The van der Waals surface area contributed by atoms with Crippen LogP contribution in [0.25, 0.3) is 0 Å². The van der Waals surface area contributed by atoms with Crippen molar-refractivity contribution in [2.45, 2.75) is 50.6 Å². The van der Waals surface area contributed by atoms with E-state index in [0.29, 0.717) is 12.5 Å². The Morgan fingerprint density at radius 1 is 1.20 bits per heavy atom. The van der Waals surface area contributed by atoms with E-state index in [4.69, 9.17) is 0 Å². The molecule has 0 spiro atoms. The number of rotatable bonds is 2. The Labute approximate surface area is 91.0 Å². The average Bonchev–Trinajstić information content (AvgIpc) is 2.83. The van der Waals surface area contributed by atoms with Gasteiger partial charge in [-0.3, -0.25) is 4.79 Å². The predicted octanol–water partition coefficient (Wildman–Crippen LogP) is 1.04. The maximum atomic E-state index is 11.0. The molecule has 3 fully saturated rings. The van der Waals surface area contributed by atoms with Gasteiger partial charge in [-0.05, 0) is 37.5 Å². The largest absolute Gasteiger partial charge is 0.355 e. The number of hydrogen-bond donors (Lipinski definition) is 2. The Hall–Kier alpha value is -0.570. The van der Waals surface area contributed by atoms with Crippen molar-refractivity contribution in [2.75, 3.05) is 6.54 Å². The number of hydrogen-bond acceptors (Lipinski definition) is 2. The monoisotopic (exact) mass is 208 g/mol. The zero-order valence-electron chi connectivity index (χ0n) is 9.17. The van der Waals surface area contributed by atoms with Gasteiger partial charge in [0.1, 0.15) is 0 Å². The molecule has 3 nitrogen and oxygen atoms in total. The number of carbonyl (C=O) groups is 1. The molecule has 0 aromatic carbocycles. The first kappa shape index (κ1) is 9.64. The molecule has 0 radical (unpaired) electrons. The molecule has 1 saturated heterocycles. The van der Waals surface area contributed by atoms with Crippen LogP contribution >= 0.6 is 0 Å². The lowest BCUT2D eigenvalue weighted by atomic mass is 9.94. The van der Waals surface area contributed by atoms with Gasteiger partial charge in [0, 0.05) is 25.0 Å². The van der Waals surface area contributed by atoms with Crippen LogP contribution in [0.5, 0.6) is 0 Å². The summed E-state index contributed by atoms with van der Waals surface area (Å²) in [5.41, 5.74) is 0. The molecule has 2 aliphatic carbocycles. The highest BCUT2D eigenvalue weighted by atomic mass is 16.1. The molecule has 3 rings (SSSR count). The van der Waals surface area contributed by atoms with Crippen molar-refractivity contribution in [1.82, 2.24) is 10.6 Å². The van der Waals surface area contributed by atoms with Crippen molar-refractivity contribution in [1.29, 1.82) is 0 Å². The highest BCUT2D eigenvalue weighted by Crippen LogP contribution is 2.44. The second-order valence-electron chi connectivity index (χ2n) is 5.49. The highest BCUT2D eigenvalue weighted by Gasteiger charge is 2.40. The second-order valence-corrected chi connectivity index (χ2v) is 5.49. The standard InChI is InChI=1S/C12H20N2O/c15-12-4-3-10(7-13-12)14-11-6-8-1-2-9(11)5-8/h8-11,14H,1-7H2,(H,13,15). The second kappa shape index (κ2) is 3.78. The summed E-state index contributed by atoms with van der Waals surface area (Å²) in [6.45, 7) is 0.840. The summed E-state index contributed by atoms with van der Waals surface area (Å²) in [4.78, 5) is 11.0. The molecule has 1 amide bonds. The number of nitrogens with one attached hydrogen (secondary N) is 2. The first-order valence-corrected chi connectivity index (χ1v) is 6.34. The molecule has 1 heterocycles. The van der Waals surface area contributed by atoms with Crippen molar-refractivity contribution in [3.8, 4) is 0 Å². The minimum absolute atomic E-state index is 0.223. The summed E-state index contributed by atoms with van der Waals surface area (Å²) in [5.74, 6) is 2.17. The van der Waals surface area contributed by atoms with Crippen LogP contribution in [0.3, 0.4) is 0 Å². The fraction of sp³-hybridized carbons (Fsp3) is 0.917. The van der Waals surface area contributed by atoms with E-state index in [0.717, 1.165) is 30.8 Å². The van der Waals surface area contributed by atoms with Crippen LogP contribution in [0.4, 0.5) is 0 Å². The third-order valence-corrected chi connectivity index (χ3v) is 4.45. The number of carbonyl (C=O) groups excluding carboxylic acids is 1. The van der Waals surface area contributed by atoms with E-state index < -0.39 is 0 Å². The topological polar surface area (TPSA) is 41.1 Å². The summed E-state index contributed by atoms with van der Waals surface area (Å²) >= 11 is 0. The average molecular weight is 208 g/mol. The Kier molecular flexibility index (Phi) is 2.43. The van der Waals surface area contributed by atoms with Gasteiger partial charge in [-0.15, -0.1) is 0 Å². The molecule has 4 unspecified atom stereocenters. The SMILES string of the molecule is O=C1CCC(NC2CC3CCC2C3)CN1. The van der Waals surface area contributed by atoms with Crippen molar-refractivity contribution in [3.63, 3.8) is 0 Å². The van der Waals surface area contributed by atoms with Gasteiger partial charge in [-0.1, -0.05) is 6.42 Å². The van der Waals surface area contributed by atoms with Gasteiger partial charge in [0.25, 0.3) is 0 Å². The maximum absolute atomic E-state index is 11.0. The van der Waals surface area contributed by atoms with Crippen LogP contribution in [0.2, 0.25) is 0 Å². The zero-order chi connectivity index (χ0) is 10.3. The third-order valence-electron chi connectivity index (χ3n) is 4.45. The molecule has 0 aromatic heterocycles. The molecule has 4 atom stereocenters. The Morgan fingerprint density at radius 2 is 2.13 bits per heavy atom. The van der Waals surface area contributed by atoms with E-state index in [9.17, 15) is 4.79 Å². The first-order valence-electron chi connectivity index (χ1n) is 6.34. The molecule has 3 aliphatic rings. The van der Waals surface area contributed by atoms with Crippen LogP contribution < -0.4 is 10.6 Å². The van der Waals surface area contributed by atoms with Gasteiger partial charge in [0.05, 0.1) is 0 Å². The number of amides is 1. The smallest absolute Gasteiger partial charge is 0.220 e. The fourth-order valence-electron chi connectivity index (χ4n) is 3.63. The summed E-state index contributed by atoms with van der Waals surface area (Å²) in [6, 6.07) is 1.29. The van der Waals surface area contributed by atoms with Crippen molar-refractivity contribution >= 4 is 5.91 Å². The van der Waals surface area contributed by atoms with Gasteiger partial charge in [0.15, 0.2) is 0 Å². The minimum Gasteiger partial charge on any atom is -0.355 e. The Morgan fingerprint density at radius 3 is 2.73 bits per heavy atom. The molecule has 1 aliphatic heterocycles. The van der Waals surface area contributed by atoms with Gasteiger partial charge in [-0.25, -0.2) is 0 Å². The van der Waals surface area contributed by atoms with E-state index in [1.54, 1.807) is 0 Å². The van der Waals surface area contributed by atoms with E-state index in [1.165, 1.54) is 25.7 Å². The van der Waals surface area contributed by atoms with E-state index in [1.807, 2.05) is 0 Å². The number of piperidine rings is 1. The van der Waals surface area contributed by atoms with Crippen LogP contribution in [-0.4, -0.2) is 24.5 Å². The lowest BCUT2D eigenvalue weighted by molar-refractivity contribution is -0.122. The summed E-state index contributed by atoms with van der Waals surface area (Å²) in [6.07, 6.45) is 7.47. The van der Waals surface area contributed by atoms with Crippen molar-refractivity contribution in [3.05, 3.63) is 0 Å². The van der Waals surface area contributed by atoms with E-state index >= 15 is 0 Å². The van der Waals surface area contributed by atoms with Crippen LogP contribution in [-0.2, 0) is 4.79 Å². The quantitative estimate of drug-likeness (QED) is 0.712. The van der Waals surface area contributed by atoms with Crippen LogP contribution in [0.1, 0.15) is 38.5 Å². The molecule has 15 heavy (non-hydrogen) atoms. The lowest BCUT2D eigenvalue weighted by Crippen LogP contribution is -2.50. The first-order chi connectivity index (χ1) is 7.31. The summed E-state index contributed by atoms with van der Waals surface area (Å²) < 4.78 is 0. The normalized spacial score (nSPS) is 44.4. The fourth-order valence-corrected chi connectivity index (χ4v) is 3.63. The van der Waals surface area contributed by atoms with Gasteiger partial charge >= 0.3 is 0 Å². The van der Waals surface area contributed by atoms with Crippen molar-refractivity contribution in [2.24, 2.45) is 11.8 Å².